The summed E-state index contributed by atoms with van der Waals surface area (Å²) in [5.74, 6) is -0.0558. The first kappa shape index (κ1) is 15.3. The summed E-state index contributed by atoms with van der Waals surface area (Å²) >= 11 is 0. The van der Waals surface area contributed by atoms with Crippen LogP contribution in [0.5, 0.6) is 0 Å². The van der Waals surface area contributed by atoms with Crippen molar-refractivity contribution in [3.63, 3.8) is 0 Å². The number of benzene rings is 1. The van der Waals surface area contributed by atoms with E-state index in [1.165, 1.54) is 0 Å². The van der Waals surface area contributed by atoms with E-state index in [-0.39, 0.29) is 11.9 Å². The minimum absolute atomic E-state index is 0.0558. The predicted molar refractivity (Wildman–Crippen MR) is 85.3 cm³/mol. The van der Waals surface area contributed by atoms with Gasteiger partial charge in [0.1, 0.15) is 0 Å². The number of hydrogen-bond acceptors (Lipinski definition) is 3. The van der Waals surface area contributed by atoms with Crippen LogP contribution in [-0.4, -0.2) is 47.2 Å². The highest BCUT2D eigenvalue weighted by Crippen LogP contribution is 2.17. The Labute approximate surface area is 125 Å². The van der Waals surface area contributed by atoms with Crippen molar-refractivity contribution in [2.45, 2.75) is 19.4 Å². The molecule has 0 aliphatic heterocycles. The van der Waals surface area contributed by atoms with E-state index >= 15 is 0 Å². The third kappa shape index (κ3) is 3.31. The maximum Gasteiger partial charge on any atom is 0.275 e. The van der Waals surface area contributed by atoms with E-state index in [0.717, 1.165) is 30.4 Å². The second kappa shape index (κ2) is 7.04. The Morgan fingerprint density at radius 1 is 1.52 bits per heavy atom. The maximum absolute atomic E-state index is 12.6. The van der Waals surface area contributed by atoms with Crippen molar-refractivity contribution in [3.05, 3.63) is 42.6 Å². The summed E-state index contributed by atoms with van der Waals surface area (Å²) in [4.78, 5) is 14.4. The van der Waals surface area contributed by atoms with E-state index in [1.54, 1.807) is 4.90 Å². The van der Waals surface area contributed by atoms with Gasteiger partial charge in [-0.05, 0) is 12.5 Å². The summed E-state index contributed by atoms with van der Waals surface area (Å²) < 4.78 is 0. The fourth-order valence-corrected chi connectivity index (χ4v) is 2.37. The maximum atomic E-state index is 12.6. The first-order valence-electron chi connectivity index (χ1n) is 7.20. The van der Waals surface area contributed by atoms with E-state index < -0.39 is 0 Å². The molecule has 2 aromatic rings. The van der Waals surface area contributed by atoms with E-state index in [4.69, 9.17) is 0 Å². The molecule has 0 aliphatic rings. The second-order valence-corrected chi connectivity index (χ2v) is 5.04. The first-order chi connectivity index (χ1) is 10.2. The number of nitrogens with zero attached hydrogens (tertiary/aromatic N) is 2. The molecule has 1 atom stereocenters. The average molecular weight is 286 g/mol. The molecule has 1 heterocycles. The van der Waals surface area contributed by atoms with Gasteiger partial charge in [0.25, 0.3) is 5.91 Å². The molecule has 1 aromatic heterocycles. The van der Waals surface area contributed by atoms with Crippen molar-refractivity contribution in [1.82, 2.24) is 20.4 Å². The third-order valence-corrected chi connectivity index (χ3v) is 3.68. The van der Waals surface area contributed by atoms with Crippen LogP contribution < -0.4 is 5.32 Å². The van der Waals surface area contributed by atoms with Gasteiger partial charge in [0.05, 0.1) is 5.52 Å². The van der Waals surface area contributed by atoms with Crippen LogP contribution in [0, 0.1) is 0 Å². The zero-order valence-electron chi connectivity index (χ0n) is 12.6. The molecule has 0 saturated carbocycles. The van der Waals surface area contributed by atoms with Crippen LogP contribution in [0.15, 0.2) is 36.9 Å². The van der Waals surface area contributed by atoms with Crippen molar-refractivity contribution in [3.8, 4) is 0 Å². The number of carbonyl (C=O) groups excluding carboxylic acids is 1. The largest absolute Gasteiger partial charge is 0.336 e. The number of para-hydroxylation sites is 1. The minimum Gasteiger partial charge on any atom is -0.336 e. The highest BCUT2D eigenvalue weighted by molar-refractivity contribution is 6.04. The van der Waals surface area contributed by atoms with Gasteiger partial charge in [-0.2, -0.15) is 5.10 Å². The summed E-state index contributed by atoms with van der Waals surface area (Å²) in [5.41, 5.74) is 1.36. The molecule has 0 fully saturated rings. The first-order valence-corrected chi connectivity index (χ1v) is 7.20. The zero-order valence-corrected chi connectivity index (χ0v) is 12.6. The van der Waals surface area contributed by atoms with Gasteiger partial charge in [-0.15, -0.1) is 6.58 Å². The summed E-state index contributed by atoms with van der Waals surface area (Å²) in [5, 5.41) is 11.2. The Bertz CT molecular complexity index is 620. The predicted octanol–water partition coefficient (Wildman–Crippen LogP) is 2.19. The SMILES string of the molecule is C=CCNCC(CC)N(C)C(=O)c1n[nH]c2ccccc12. The lowest BCUT2D eigenvalue weighted by atomic mass is 10.1. The molecule has 2 N–H and O–H groups in total. The van der Waals surface area contributed by atoms with Crippen LogP contribution in [0.3, 0.4) is 0 Å². The summed E-state index contributed by atoms with van der Waals surface area (Å²) in [7, 11) is 1.83. The molecule has 2 rings (SSSR count). The highest BCUT2D eigenvalue weighted by atomic mass is 16.2. The molecule has 0 aliphatic carbocycles. The molecule has 1 unspecified atom stereocenters. The van der Waals surface area contributed by atoms with Gasteiger partial charge in [-0.3, -0.25) is 9.89 Å². The molecule has 5 heteroatoms. The topological polar surface area (TPSA) is 61.0 Å². The van der Waals surface area contributed by atoms with Gasteiger partial charge in [-0.1, -0.05) is 31.2 Å². The number of aromatic nitrogens is 2. The van der Waals surface area contributed by atoms with Crippen LogP contribution in [-0.2, 0) is 0 Å². The third-order valence-electron chi connectivity index (χ3n) is 3.68. The normalized spacial score (nSPS) is 12.3. The van der Waals surface area contributed by atoms with Crippen LogP contribution in [0.2, 0.25) is 0 Å². The lowest BCUT2D eigenvalue weighted by Crippen LogP contribution is -2.43. The number of rotatable bonds is 7. The Morgan fingerprint density at radius 3 is 3.00 bits per heavy atom. The van der Waals surface area contributed by atoms with E-state index in [0.29, 0.717) is 5.69 Å². The summed E-state index contributed by atoms with van der Waals surface area (Å²) in [6.45, 7) is 7.24. The summed E-state index contributed by atoms with van der Waals surface area (Å²) in [6, 6.07) is 7.80. The zero-order chi connectivity index (χ0) is 15.2. The van der Waals surface area contributed by atoms with Gasteiger partial charge >= 0.3 is 0 Å². The molecule has 1 aromatic carbocycles. The fourth-order valence-electron chi connectivity index (χ4n) is 2.37. The number of fused-ring (bicyclic) bond motifs is 1. The lowest BCUT2D eigenvalue weighted by Gasteiger charge is -2.27. The van der Waals surface area contributed by atoms with Crippen LogP contribution >= 0.6 is 0 Å². The molecule has 0 radical (unpaired) electrons. The molecular formula is C16H22N4O. The van der Waals surface area contributed by atoms with Crippen molar-refractivity contribution >= 4 is 16.8 Å². The van der Waals surface area contributed by atoms with Crippen LogP contribution in [0.25, 0.3) is 10.9 Å². The standard InChI is InChI=1S/C16H22N4O/c1-4-10-17-11-12(5-2)20(3)16(21)15-13-8-6-7-9-14(13)18-19-15/h4,6-9,12,17H,1,5,10-11H2,2-3H3,(H,18,19). The van der Waals surface area contributed by atoms with Crippen LogP contribution in [0.1, 0.15) is 23.8 Å². The number of carbonyl (C=O) groups is 1. The molecule has 0 bridgehead atoms. The molecule has 0 spiro atoms. The number of aromatic amines is 1. The second-order valence-electron chi connectivity index (χ2n) is 5.04. The number of nitrogens with one attached hydrogen (secondary N) is 2. The lowest BCUT2D eigenvalue weighted by molar-refractivity contribution is 0.0723. The Kier molecular flexibility index (Phi) is 5.11. The molecular weight excluding hydrogens is 264 g/mol. The number of amides is 1. The van der Waals surface area contributed by atoms with Crippen molar-refractivity contribution in [2.75, 3.05) is 20.1 Å². The number of H-pyrrole nitrogens is 1. The molecule has 5 nitrogen and oxygen atoms in total. The van der Waals surface area contributed by atoms with Gasteiger partial charge in [0.2, 0.25) is 0 Å². The Hall–Kier alpha value is -2.14. The van der Waals surface area contributed by atoms with E-state index in [2.05, 4.69) is 29.0 Å². The van der Waals surface area contributed by atoms with Crippen molar-refractivity contribution in [1.29, 1.82) is 0 Å². The summed E-state index contributed by atoms with van der Waals surface area (Å²) in [6.07, 6.45) is 2.70. The minimum atomic E-state index is -0.0558. The Balaban J connectivity index is 2.15. The molecule has 21 heavy (non-hydrogen) atoms. The average Bonchev–Trinajstić information content (AvgIpc) is 2.94. The fraction of sp³-hybridized carbons (Fsp3) is 0.375. The van der Waals surface area contributed by atoms with E-state index in [1.807, 2.05) is 37.4 Å². The van der Waals surface area contributed by atoms with Crippen molar-refractivity contribution < 1.29 is 4.79 Å². The van der Waals surface area contributed by atoms with Gasteiger partial charge in [-0.25, -0.2) is 0 Å². The number of likely N-dealkylation sites (N-methyl/N-ethyl adjacent to an activating group) is 1. The van der Waals surface area contributed by atoms with Gasteiger partial charge in [0.15, 0.2) is 5.69 Å². The van der Waals surface area contributed by atoms with Crippen molar-refractivity contribution in [2.24, 2.45) is 0 Å². The Morgan fingerprint density at radius 2 is 2.29 bits per heavy atom. The van der Waals surface area contributed by atoms with Gasteiger partial charge in [0, 0.05) is 31.6 Å². The van der Waals surface area contributed by atoms with E-state index in [9.17, 15) is 4.79 Å². The quantitative estimate of drug-likeness (QED) is 0.606. The molecule has 112 valence electrons. The van der Waals surface area contributed by atoms with Gasteiger partial charge < -0.3 is 10.2 Å². The number of hydrogen-bond donors (Lipinski definition) is 2. The highest BCUT2D eigenvalue weighted by Gasteiger charge is 2.23. The monoisotopic (exact) mass is 286 g/mol. The molecule has 0 saturated heterocycles. The van der Waals surface area contributed by atoms with Crippen LogP contribution in [0.4, 0.5) is 0 Å². The molecule has 1 amide bonds. The smallest absolute Gasteiger partial charge is 0.275 e.